The zero-order valence-electron chi connectivity index (χ0n) is 12.7. The van der Waals surface area contributed by atoms with Crippen LogP contribution in [0.5, 0.6) is 11.5 Å². The number of phenols is 2. The number of benzene rings is 2. The molecule has 0 fully saturated rings. The summed E-state index contributed by atoms with van der Waals surface area (Å²) in [7, 11) is 0. The Balaban J connectivity index is 1.89. The predicted octanol–water partition coefficient (Wildman–Crippen LogP) is 3.79. The molecule has 7 heteroatoms. The minimum absolute atomic E-state index is 0.0975. The molecule has 0 aliphatic heterocycles. The Morgan fingerprint density at radius 3 is 2.62 bits per heavy atom. The number of aromatic hydroxyl groups is 2. The van der Waals surface area contributed by atoms with E-state index in [9.17, 15) is 15.0 Å². The number of hydrazone groups is 1. The molecule has 0 unspecified atom stereocenters. The molecule has 0 bridgehead atoms. The van der Waals surface area contributed by atoms with Gasteiger partial charge in [-0.15, -0.1) is 0 Å². The topological polar surface area (TPSA) is 81.9 Å². The lowest BCUT2D eigenvalue weighted by atomic mass is 10.1. The van der Waals surface area contributed by atoms with Crippen LogP contribution in [0.1, 0.15) is 33.5 Å². The Morgan fingerprint density at radius 2 is 1.92 bits per heavy atom. The van der Waals surface area contributed by atoms with Crippen molar-refractivity contribution in [3.8, 4) is 11.5 Å². The number of amides is 1. The molecule has 5 nitrogen and oxygen atoms in total. The average Bonchev–Trinajstić information content (AvgIpc) is 2.95. The molecule has 2 aromatic rings. The van der Waals surface area contributed by atoms with Crippen LogP contribution in [0.4, 0.5) is 0 Å². The first-order valence-corrected chi connectivity index (χ1v) is 8.00. The number of halogens is 2. The van der Waals surface area contributed by atoms with Crippen molar-refractivity contribution < 1.29 is 15.0 Å². The first-order valence-electron chi connectivity index (χ1n) is 7.25. The number of nitrogens with zero attached hydrogens (tertiary/aromatic N) is 1. The first kappa shape index (κ1) is 16.6. The third kappa shape index (κ3) is 2.92. The van der Waals surface area contributed by atoms with Gasteiger partial charge in [0.2, 0.25) is 0 Å². The molecule has 3 N–H and O–H groups in total. The molecule has 0 saturated carbocycles. The molecule has 124 valence electrons. The van der Waals surface area contributed by atoms with Crippen LogP contribution in [-0.4, -0.2) is 21.8 Å². The minimum Gasteiger partial charge on any atom is -0.507 e. The van der Waals surface area contributed by atoms with E-state index in [1.165, 1.54) is 18.2 Å². The second kappa shape index (κ2) is 6.34. The van der Waals surface area contributed by atoms with E-state index in [0.717, 1.165) is 11.1 Å². The van der Waals surface area contributed by atoms with E-state index >= 15 is 0 Å². The Hall–Kier alpha value is -2.24. The number of hydrogen-bond acceptors (Lipinski definition) is 4. The van der Waals surface area contributed by atoms with Crippen LogP contribution in [-0.2, 0) is 6.42 Å². The van der Waals surface area contributed by atoms with Gasteiger partial charge in [0.05, 0.1) is 16.3 Å². The van der Waals surface area contributed by atoms with Crippen molar-refractivity contribution in [2.24, 2.45) is 5.10 Å². The number of nitrogens with one attached hydrogen (secondary N) is 1. The average molecular weight is 365 g/mol. The summed E-state index contributed by atoms with van der Waals surface area (Å²) in [6, 6.07) is 6.23. The lowest BCUT2D eigenvalue weighted by Gasteiger charge is -2.08. The fourth-order valence-electron chi connectivity index (χ4n) is 2.70. The van der Waals surface area contributed by atoms with E-state index in [2.05, 4.69) is 10.5 Å². The second-order valence-corrected chi connectivity index (χ2v) is 6.38. The van der Waals surface area contributed by atoms with Gasteiger partial charge < -0.3 is 10.2 Å². The van der Waals surface area contributed by atoms with Crippen molar-refractivity contribution in [2.45, 2.75) is 19.8 Å². The number of aryl methyl sites for hydroxylation is 1. The van der Waals surface area contributed by atoms with Gasteiger partial charge in [-0.05, 0) is 49.1 Å². The summed E-state index contributed by atoms with van der Waals surface area (Å²) >= 11 is 12.1. The van der Waals surface area contributed by atoms with Gasteiger partial charge in [-0.1, -0.05) is 29.3 Å². The molecule has 0 radical (unpaired) electrons. The third-order valence-electron chi connectivity index (χ3n) is 3.90. The molecule has 2 aromatic carbocycles. The van der Waals surface area contributed by atoms with Crippen LogP contribution in [0.15, 0.2) is 29.4 Å². The van der Waals surface area contributed by atoms with Crippen molar-refractivity contribution >= 4 is 34.8 Å². The monoisotopic (exact) mass is 364 g/mol. The van der Waals surface area contributed by atoms with Gasteiger partial charge in [-0.3, -0.25) is 4.79 Å². The molecule has 0 saturated heterocycles. The number of carbonyl (C=O) groups excluding carboxylic acids is 1. The quantitative estimate of drug-likeness (QED) is 0.708. The number of fused-ring (bicyclic) bond motifs is 1. The molecule has 3 rings (SSSR count). The summed E-state index contributed by atoms with van der Waals surface area (Å²) in [6.07, 6.45) is 1.12. The summed E-state index contributed by atoms with van der Waals surface area (Å²) < 4.78 is 0. The maximum atomic E-state index is 12.2. The highest BCUT2D eigenvalue weighted by molar-refractivity contribution is 6.37. The smallest absolute Gasteiger partial charge is 0.275 e. The zero-order chi connectivity index (χ0) is 17.4. The Labute approximate surface area is 148 Å². The van der Waals surface area contributed by atoms with Crippen molar-refractivity contribution in [3.05, 3.63) is 56.6 Å². The van der Waals surface area contributed by atoms with E-state index in [-0.39, 0.29) is 22.1 Å². The first-order chi connectivity index (χ1) is 11.4. The normalized spacial score (nSPS) is 14.7. The van der Waals surface area contributed by atoms with Crippen LogP contribution in [0.2, 0.25) is 10.0 Å². The fourth-order valence-corrected chi connectivity index (χ4v) is 3.25. The Kier molecular flexibility index (Phi) is 4.39. The number of phenolic OH excluding ortho intramolecular Hbond substituents is 2. The lowest BCUT2D eigenvalue weighted by molar-refractivity contribution is 0.0952. The fraction of sp³-hybridized carbons (Fsp3) is 0.176. The molecule has 1 amide bonds. The highest BCUT2D eigenvalue weighted by Gasteiger charge is 2.26. The van der Waals surface area contributed by atoms with Gasteiger partial charge in [-0.25, -0.2) is 5.43 Å². The predicted molar refractivity (Wildman–Crippen MR) is 93.3 cm³/mol. The highest BCUT2D eigenvalue weighted by atomic mass is 35.5. The Bertz CT molecular complexity index is 879. The molecule has 0 spiro atoms. The summed E-state index contributed by atoms with van der Waals surface area (Å²) in [5.74, 6) is -0.755. The molecule has 0 atom stereocenters. The second-order valence-electron chi connectivity index (χ2n) is 5.56. The standard InChI is InChI=1S/C17H14Cl2N2O3/c1-8-2-3-10(14(22)6-8)17(24)21-20-13-5-4-9-11(18)7-12(19)16(23)15(9)13/h2-3,6-7,22-23H,4-5H2,1H3,(H,21,24). The van der Waals surface area contributed by atoms with Crippen LogP contribution in [0, 0.1) is 6.92 Å². The van der Waals surface area contributed by atoms with Crippen LogP contribution in [0.25, 0.3) is 0 Å². The van der Waals surface area contributed by atoms with Gasteiger partial charge in [0.15, 0.2) is 0 Å². The summed E-state index contributed by atoms with van der Waals surface area (Å²) in [5.41, 5.74) is 5.07. The van der Waals surface area contributed by atoms with Crippen LogP contribution in [0.3, 0.4) is 0 Å². The van der Waals surface area contributed by atoms with Gasteiger partial charge in [0, 0.05) is 10.6 Å². The summed E-state index contributed by atoms with van der Waals surface area (Å²) in [6.45, 7) is 1.81. The van der Waals surface area contributed by atoms with Gasteiger partial charge in [0.1, 0.15) is 11.5 Å². The maximum Gasteiger partial charge on any atom is 0.275 e. The molecule has 1 aliphatic carbocycles. The summed E-state index contributed by atoms with van der Waals surface area (Å²) in [5, 5.41) is 24.7. The minimum atomic E-state index is -0.541. The lowest BCUT2D eigenvalue weighted by Crippen LogP contribution is -2.19. The molecular weight excluding hydrogens is 351 g/mol. The molecule has 24 heavy (non-hydrogen) atoms. The molecule has 1 aliphatic rings. The maximum absolute atomic E-state index is 12.2. The zero-order valence-corrected chi connectivity index (χ0v) is 14.2. The van der Waals surface area contributed by atoms with Crippen molar-refractivity contribution in [1.82, 2.24) is 5.43 Å². The number of rotatable bonds is 2. The number of carbonyl (C=O) groups is 1. The third-order valence-corrected chi connectivity index (χ3v) is 4.52. The van der Waals surface area contributed by atoms with E-state index in [4.69, 9.17) is 23.2 Å². The van der Waals surface area contributed by atoms with Crippen LogP contribution >= 0.6 is 23.2 Å². The van der Waals surface area contributed by atoms with Gasteiger partial charge in [-0.2, -0.15) is 5.10 Å². The van der Waals surface area contributed by atoms with Crippen molar-refractivity contribution in [2.75, 3.05) is 0 Å². The van der Waals surface area contributed by atoms with Crippen molar-refractivity contribution in [1.29, 1.82) is 0 Å². The van der Waals surface area contributed by atoms with Crippen molar-refractivity contribution in [3.63, 3.8) is 0 Å². The summed E-state index contributed by atoms with van der Waals surface area (Å²) in [4.78, 5) is 12.2. The van der Waals surface area contributed by atoms with Crippen LogP contribution < -0.4 is 5.43 Å². The Morgan fingerprint density at radius 1 is 1.17 bits per heavy atom. The SMILES string of the molecule is Cc1ccc(C(=O)NN=C2CCc3c(Cl)cc(Cl)c(O)c32)c(O)c1. The van der Waals surface area contributed by atoms with Gasteiger partial charge in [0.25, 0.3) is 5.91 Å². The van der Waals surface area contributed by atoms with E-state index in [0.29, 0.717) is 29.1 Å². The van der Waals surface area contributed by atoms with E-state index in [1.54, 1.807) is 6.07 Å². The highest BCUT2D eigenvalue weighted by Crippen LogP contribution is 2.40. The largest absolute Gasteiger partial charge is 0.507 e. The molecular formula is C17H14Cl2N2O3. The number of hydrogen-bond donors (Lipinski definition) is 3. The van der Waals surface area contributed by atoms with Gasteiger partial charge >= 0.3 is 0 Å². The molecule has 0 heterocycles. The molecule has 0 aromatic heterocycles. The van der Waals surface area contributed by atoms with E-state index in [1.807, 2.05) is 6.92 Å². The van der Waals surface area contributed by atoms with E-state index < -0.39 is 5.91 Å².